The number of hydrogen-bond acceptors (Lipinski definition) is 4. The molecule has 0 unspecified atom stereocenters. The summed E-state index contributed by atoms with van der Waals surface area (Å²) in [6.07, 6.45) is 1.61. The Morgan fingerprint density at radius 3 is 2.93 bits per heavy atom. The Morgan fingerprint density at radius 2 is 2.29 bits per heavy atom. The average molecular weight is 189 g/mol. The predicted molar refractivity (Wildman–Crippen MR) is 52.4 cm³/mol. The van der Waals surface area contributed by atoms with E-state index in [-0.39, 0.29) is 0 Å². The zero-order valence-electron chi connectivity index (χ0n) is 7.90. The molecule has 0 aliphatic carbocycles. The van der Waals surface area contributed by atoms with Gasteiger partial charge >= 0.3 is 0 Å². The predicted octanol–water partition coefficient (Wildman–Crippen LogP) is 1.50. The molecule has 0 saturated carbocycles. The molecule has 0 aliphatic heterocycles. The summed E-state index contributed by atoms with van der Waals surface area (Å²) >= 11 is 0. The van der Waals surface area contributed by atoms with E-state index in [1.54, 1.807) is 6.26 Å². The number of nitrogens with two attached hydrogens (primary N) is 1. The van der Waals surface area contributed by atoms with Gasteiger partial charge in [-0.25, -0.2) is 0 Å². The third kappa shape index (κ3) is 1.52. The lowest BCUT2D eigenvalue weighted by Gasteiger charge is -2.02. The normalized spacial score (nSPS) is 10.4. The molecule has 0 fully saturated rings. The number of hydrogen-bond donors (Lipinski definition) is 1. The van der Waals surface area contributed by atoms with Crippen LogP contribution in [0.4, 0.5) is 0 Å². The van der Waals surface area contributed by atoms with E-state index in [2.05, 4.69) is 10.2 Å². The number of aryl methyl sites for hydroxylation is 1. The van der Waals surface area contributed by atoms with Gasteiger partial charge in [0.15, 0.2) is 5.76 Å². The average Bonchev–Trinajstić information content (AvgIpc) is 2.71. The minimum absolute atomic E-state index is 0.467. The van der Waals surface area contributed by atoms with Crippen LogP contribution in [0.25, 0.3) is 11.5 Å². The van der Waals surface area contributed by atoms with Crippen LogP contribution in [-0.4, -0.2) is 10.2 Å². The quantitative estimate of drug-likeness (QED) is 0.777. The van der Waals surface area contributed by atoms with E-state index in [4.69, 9.17) is 10.2 Å². The van der Waals surface area contributed by atoms with Crippen LogP contribution in [0.2, 0.25) is 0 Å². The van der Waals surface area contributed by atoms with Crippen molar-refractivity contribution in [3.63, 3.8) is 0 Å². The molecule has 0 radical (unpaired) electrons. The van der Waals surface area contributed by atoms with Crippen molar-refractivity contribution in [2.75, 3.05) is 0 Å². The van der Waals surface area contributed by atoms with Crippen LogP contribution in [0.3, 0.4) is 0 Å². The van der Waals surface area contributed by atoms with E-state index in [0.29, 0.717) is 12.3 Å². The van der Waals surface area contributed by atoms with Crippen molar-refractivity contribution in [3.05, 3.63) is 35.7 Å². The second kappa shape index (κ2) is 3.59. The standard InChI is InChI=1S/C10H11N3O/c1-7-8(6-11)5-9(13-12-7)10-3-2-4-14-10/h2-5H,6,11H2,1H3. The summed E-state index contributed by atoms with van der Waals surface area (Å²) in [5.41, 5.74) is 8.15. The van der Waals surface area contributed by atoms with Gasteiger partial charge in [0.25, 0.3) is 0 Å². The molecular formula is C10H11N3O. The molecule has 0 bridgehead atoms. The van der Waals surface area contributed by atoms with Gasteiger partial charge < -0.3 is 10.2 Å². The van der Waals surface area contributed by atoms with Crippen LogP contribution in [0, 0.1) is 6.92 Å². The minimum Gasteiger partial charge on any atom is -0.463 e. The lowest BCUT2D eigenvalue weighted by atomic mass is 10.2. The fourth-order valence-corrected chi connectivity index (χ4v) is 1.24. The van der Waals surface area contributed by atoms with Crippen molar-refractivity contribution in [1.82, 2.24) is 10.2 Å². The summed E-state index contributed by atoms with van der Waals surface area (Å²) in [7, 11) is 0. The first kappa shape index (κ1) is 8.90. The van der Waals surface area contributed by atoms with Gasteiger partial charge in [0.05, 0.1) is 12.0 Å². The van der Waals surface area contributed by atoms with Gasteiger partial charge in [0, 0.05) is 6.54 Å². The van der Waals surface area contributed by atoms with Crippen molar-refractivity contribution in [2.45, 2.75) is 13.5 Å². The van der Waals surface area contributed by atoms with Crippen LogP contribution in [0.1, 0.15) is 11.3 Å². The molecule has 2 rings (SSSR count). The minimum atomic E-state index is 0.467. The fourth-order valence-electron chi connectivity index (χ4n) is 1.24. The van der Waals surface area contributed by atoms with E-state index in [9.17, 15) is 0 Å². The van der Waals surface area contributed by atoms with Gasteiger partial charge in [0.2, 0.25) is 0 Å². The van der Waals surface area contributed by atoms with Crippen molar-refractivity contribution in [2.24, 2.45) is 5.73 Å². The van der Waals surface area contributed by atoms with Crippen LogP contribution >= 0.6 is 0 Å². The van der Waals surface area contributed by atoms with Crippen LogP contribution in [0.5, 0.6) is 0 Å². The number of nitrogens with zero attached hydrogens (tertiary/aromatic N) is 2. The molecule has 14 heavy (non-hydrogen) atoms. The molecule has 0 saturated heterocycles. The molecule has 0 aromatic carbocycles. The van der Waals surface area contributed by atoms with Gasteiger partial charge in [-0.1, -0.05) is 0 Å². The first-order chi connectivity index (χ1) is 6.81. The summed E-state index contributed by atoms with van der Waals surface area (Å²) < 4.78 is 5.22. The fraction of sp³-hybridized carbons (Fsp3) is 0.200. The van der Waals surface area contributed by atoms with E-state index in [1.807, 2.05) is 25.1 Å². The molecule has 0 spiro atoms. The molecule has 2 N–H and O–H groups in total. The Hall–Kier alpha value is -1.68. The molecule has 0 atom stereocenters. The Labute approximate surface area is 81.8 Å². The first-order valence-corrected chi connectivity index (χ1v) is 4.38. The molecule has 2 aromatic rings. The van der Waals surface area contributed by atoms with Crippen molar-refractivity contribution in [3.8, 4) is 11.5 Å². The summed E-state index contributed by atoms with van der Waals surface area (Å²) in [5, 5.41) is 8.05. The Morgan fingerprint density at radius 1 is 1.43 bits per heavy atom. The number of furan rings is 1. The second-order valence-corrected chi connectivity index (χ2v) is 3.02. The van der Waals surface area contributed by atoms with Gasteiger partial charge in [-0.05, 0) is 30.7 Å². The highest BCUT2D eigenvalue weighted by Crippen LogP contribution is 2.18. The summed E-state index contributed by atoms with van der Waals surface area (Å²) in [6, 6.07) is 5.57. The smallest absolute Gasteiger partial charge is 0.154 e. The Bertz CT molecular complexity index is 423. The van der Waals surface area contributed by atoms with Gasteiger partial charge in [-0.2, -0.15) is 5.10 Å². The van der Waals surface area contributed by atoms with Crippen LogP contribution < -0.4 is 5.73 Å². The summed E-state index contributed by atoms with van der Waals surface area (Å²) in [5.74, 6) is 0.715. The molecule has 0 amide bonds. The summed E-state index contributed by atoms with van der Waals surface area (Å²) in [6.45, 7) is 2.36. The highest BCUT2D eigenvalue weighted by molar-refractivity contribution is 5.52. The van der Waals surface area contributed by atoms with Gasteiger partial charge in [0.1, 0.15) is 5.69 Å². The Balaban J connectivity index is 2.46. The third-order valence-corrected chi connectivity index (χ3v) is 2.08. The van der Waals surface area contributed by atoms with E-state index in [1.165, 1.54) is 0 Å². The third-order valence-electron chi connectivity index (χ3n) is 2.08. The lowest BCUT2D eigenvalue weighted by molar-refractivity contribution is 0.578. The monoisotopic (exact) mass is 189 g/mol. The Kier molecular flexibility index (Phi) is 2.28. The number of aromatic nitrogens is 2. The maximum atomic E-state index is 5.57. The van der Waals surface area contributed by atoms with E-state index in [0.717, 1.165) is 17.0 Å². The SMILES string of the molecule is Cc1nnc(-c2ccco2)cc1CN. The number of rotatable bonds is 2. The molecule has 4 nitrogen and oxygen atoms in total. The molecule has 0 aliphatic rings. The van der Waals surface area contributed by atoms with Crippen LogP contribution in [0.15, 0.2) is 28.9 Å². The largest absolute Gasteiger partial charge is 0.463 e. The first-order valence-electron chi connectivity index (χ1n) is 4.38. The van der Waals surface area contributed by atoms with Crippen LogP contribution in [-0.2, 0) is 6.54 Å². The van der Waals surface area contributed by atoms with Crippen molar-refractivity contribution in [1.29, 1.82) is 0 Å². The van der Waals surface area contributed by atoms with E-state index >= 15 is 0 Å². The second-order valence-electron chi connectivity index (χ2n) is 3.02. The van der Waals surface area contributed by atoms with E-state index < -0.39 is 0 Å². The zero-order valence-corrected chi connectivity index (χ0v) is 7.90. The zero-order chi connectivity index (χ0) is 9.97. The summed E-state index contributed by atoms with van der Waals surface area (Å²) in [4.78, 5) is 0. The molecule has 4 heteroatoms. The molecule has 2 heterocycles. The maximum Gasteiger partial charge on any atom is 0.154 e. The molecule has 2 aromatic heterocycles. The topological polar surface area (TPSA) is 64.9 Å². The lowest BCUT2D eigenvalue weighted by Crippen LogP contribution is -2.03. The van der Waals surface area contributed by atoms with Crippen molar-refractivity contribution >= 4 is 0 Å². The van der Waals surface area contributed by atoms with Gasteiger partial charge in [-0.15, -0.1) is 5.10 Å². The highest BCUT2D eigenvalue weighted by Gasteiger charge is 2.05. The molecular weight excluding hydrogens is 178 g/mol. The van der Waals surface area contributed by atoms with Gasteiger partial charge in [-0.3, -0.25) is 0 Å². The highest BCUT2D eigenvalue weighted by atomic mass is 16.3. The molecule has 72 valence electrons. The van der Waals surface area contributed by atoms with Crippen molar-refractivity contribution < 1.29 is 4.42 Å². The maximum absolute atomic E-state index is 5.57.